The summed E-state index contributed by atoms with van der Waals surface area (Å²) in [4.78, 5) is 23.4. The Hall–Kier alpha value is -2.26. The summed E-state index contributed by atoms with van der Waals surface area (Å²) in [6.07, 6.45) is -1.21. The lowest BCUT2D eigenvalue weighted by Gasteiger charge is -2.19. The number of nitrogens with one attached hydrogen (secondary N) is 2. The molecule has 0 saturated carbocycles. The average Bonchev–Trinajstić information content (AvgIpc) is 3.29. The van der Waals surface area contributed by atoms with E-state index in [0.29, 0.717) is 18.0 Å². The third kappa shape index (κ3) is 4.47. The first kappa shape index (κ1) is 18.5. The van der Waals surface area contributed by atoms with Crippen molar-refractivity contribution in [2.24, 2.45) is 0 Å². The van der Waals surface area contributed by atoms with Crippen LogP contribution in [0.5, 0.6) is 0 Å². The predicted molar refractivity (Wildman–Crippen MR) is 96.4 cm³/mol. The fraction of sp³-hybridized carbons (Fsp3) is 0.333. The molecule has 1 aliphatic rings. The lowest BCUT2D eigenvalue weighted by atomic mass is 10.1. The molecule has 1 saturated heterocycles. The number of amides is 1. The van der Waals surface area contributed by atoms with Crippen molar-refractivity contribution in [3.63, 3.8) is 0 Å². The molecule has 1 amide bonds. The van der Waals surface area contributed by atoms with E-state index < -0.39 is 18.2 Å². The Bertz CT molecular complexity index is 747. The molecule has 0 spiro atoms. The lowest BCUT2D eigenvalue weighted by Crippen LogP contribution is -2.44. The number of carbonyl (C=O) groups is 2. The van der Waals surface area contributed by atoms with Crippen molar-refractivity contribution >= 4 is 23.2 Å². The van der Waals surface area contributed by atoms with Crippen molar-refractivity contribution in [2.75, 3.05) is 13.2 Å². The molecule has 3 atom stereocenters. The fourth-order valence-corrected chi connectivity index (χ4v) is 3.39. The van der Waals surface area contributed by atoms with E-state index in [4.69, 9.17) is 9.84 Å². The van der Waals surface area contributed by atoms with Crippen LogP contribution in [0.1, 0.15) is 25.6 Å². The van der Waals surface area contributed by atoms with Crippen molar-refractivity contribution in [2.45, 2.75) is 24.8 Å². The number of hydrogen-bond acceptors (Lipinski definition) is 6. The van der Waals surface area contributed by atoms with Crippen LogP contribution >= 0.6 is 11.3 Å². The Morgan fingerprint density at radius 2 is 2.00 bits per heavy atom. The van der Waals surface area contributed by atoms with Crippen LogP contribution in [0.25, 0.3) is 0 Å². The number of carboxylic acid groups (broad SMARTS) is 1. The van der Waals surface area contributed by atoms with Gasteiger partial charge in [0.2, 0.25) is 0 Å². The Morgan fingerprint density at radius 1 is 1.23 bits per heavy atom. The lowest BCUT2D eigenvalue weighted by molar-refractivity contribution is 0.0399. The van der Waals surface area contributed by atoms with Gasteiger partial charge >= 0.3 is 5.97 Å². The van der Waals surface area contributed by atoms with Crippen molar-refractivity contribution in [1.29, 1.82) is 0 Å². The molecule has 2 heterocycles. The van der Waals surface area contributed by atoms with Crippen LogP contribution in [0.15, 0.2) is 41.8 Å². The maximum atomic E-state index is 11.9. The first-order chi connectivity index (χ1) is 12.5. The molecule has 1 aromatic carbocycles. The second kappa shape index (κ2) is 8.41. The van der Waals surface area contributed by atoms with Crippen LogP contribution in [0.3, 0.4) is 0 Å². The number of aliphatic hydroxyl groups is 1. The Balaban J connectivity index is 1.45. The molecular formula is C18H20N2O5S. The number of ether oxygens (including phenoxy) is 1. The first-order valence-electron chi connectivity index (χ1n) is 8.21. The minimum Gasteiger partial charge on any atom is -0.478 e. The number of carboxylic acids is 1. The third-order valence-electron chi connectivity index (χ3n) is 4.26. The summed E-state index contributed by atoms with van der Waals surface area (Å²) >= 11 is 1.36. The molecule has 2 aromatic rings. The van der Waals surface area contributed by atoms with Gasteiger partial charge in [0.1, 0.15) is 6.10 Å². The molecule has 0 aliphatic carbocycles. The zero-order chi connectivity index (χ0) is 18.5. The average molecular weight is 376 g/mol. The molecule has 3 rings (SSSR count). The normalized spacial score (nSPS) is 22.3. The molecule has 3 unspecified atom stereocenters. The molecule has 1 aliphatic heterocycles. The van der Waals surface area contributed by atoms with E-state index in [1.165, 1.54) is 11.3 Å². The van der Waals surface area contributed by atoms with Gasteiger partial charge in [-0.3, -0.25) is 4.79 Å². The standard InChI is InChI=1S/C18H20N2O5S/c21-16-13(19-8-11-3-5-12(6-4-11)18(23)24)10-25-14(16)9-20-17(22)15-2-1-7-26-15/h1-7,13-14,16,19,21H,8-10H2,(H,20,22)(H,23,24). The van der Waals surface area contributed by atoms with Crippen LogP contribution < -0.4 is 10.6 Å². The summed E-state index contributed by atoms with van der Waals surface area (Å²) in [5.41, 5.74) is 1.15. The fourth-order valence-electron chi connectivity index (χ4n) is 2.75. The molecule has 7 nitrogen and oxygen atoms in total. The van der Waals surface area contributed by atoms with Gasteiger partial charge in [-0.1, -0.05) is 18.2 Å². The highest BCUT2D eigenvalue weighted by Crippen LogP contribution is 2.15. The molecule has 4 N–H and O–H groups in total. The summed E-state index contributed by atoms with van der Waals surface area (Å²) in [7, 11) is 0. The quantitative estimate of drug-likeness (QED) is 0.576. The highest BCUT2D eigenvalue weighted by Gasteiger charge is 2.35. The first-order valence-corrected chi connectivity index (χ1v) is 9.09. The minimum absolute atomic E-state index is 0.175. The van der Waals surface area contributed by atoms with E-state index >= 15 is 0 Å². The highest BCUT2D eigenvalue weighted by atomic mass is 32.1. The second-order valence-electron chi connectivity index (χ2n) is 6.04. The number of thiophene rings is 1. The number of benzene rings is 1. The SMILES string of the molecule is O=C(O)c1ccc(CNC2COC(CNC(=O)c3cccs3)C2O)cc1. The summed E-state index contributed by atoms with van der Waals surface area (Å²) in [6.45, 7) is 1.07. The largest absolute Gasteiger partial charge is 0.478 e. The summed E-state index contributed by atoms with van der Waals surface area (Å²) in [5, 5.41) is 27.1. The number of aromatic carboxylic acids is 1. The van der Waals surface area contributed by atoms with Crippen LogP contribution in [-0.2, 0) is 11.3 Å². The highest BCUT2D eigenvalue weighted by molar-refractivity contribution is 7.12. The third-order valence-corrected chi connectivity index (χ3v) is 5.13. The van der Waals surface area contributed by atoms with Gasteiger partial charge in [0.15, 0.2) is 0 Å². The van der Waals surface area contributed by atoms with Crippen molar-refractivity contribution in [3.8, 4) is 0 Å². The molecular weight excluding hydrogens is 356 g/mol. The van der Waals surface area contributed by atoms with E-state index in [-0.39, 0.29) is 24.1 Å². The Kier molecular flexibility index (Phi) is 6.00. The zero-order valence-electron chi connectivity index (χ0n) is 13.9. The van der Waals surface area contributed by atoms with Crippen LogP contribution in [-0.4, -0.2) is 53.5 Å². The zero-order valence-corrected chi connectivity index (χ0v) is 14.7. The van der Waals surface area contributed by atoms with Gasteiger partial charge in [-0.25, -0.2) is 4.79 Å². The van der Waals surface area contributed by atoms with E-state index in [2.05, 4.69) is 10.6 Å². The van der Waals surface area contributed by atoms with E-state index in [0.717, 1.165) is 5.56 Å². The number of rotatable bonds is 7. The Morgan fingerprint density at radius 3 is 2.65 bits per heavy atom. The van der Waals surface area contributed by atoms with Gasteiger partial charge in [0, 0.05) is 13.1 Å². The van der Waals surface area contributed by atoms with E-state index in [1.54, 1.807) is 30.3 Å². The van der Waals surface area contributed by atoms with Crippen molar-refractivity contribution in [3.05, 3.63) is 57.8 Å². The van der Waals surface area contributed by atoms with Crippen molar-refractivity contribution < 1.29 is 24.5 Å². The van der Waals surface area contributed by atoms with Gasteiger partial charge in [-0.2, -0.15) is 0 Å². The van der Waals surface area contributed by atoms with Crippen molar-refractivity contribution in [1.82, 2.24) is 10.6 Å². The van der Waals surface area contributed by atoms with E-state index in [1.807, 2.05) is 11.4 Å². The molecule has 1 aromatic heterocycles. The van der Waals surface area contributed by atoms with Gasteiger partial charge in [-0.05, 0) is 29.1 Å². The predicted octanol–water partition coefficient (Wildman–Crippen LogP) is 1.09. The number of hydrogen-bond donors (Lipinski definition) is 4. The van der Waals surface area contributed by atoms with Crippen LogP contribution in [0.4, 0.5) is 0 Å². The minimum atomic E-state index is -0.962. The van der Waals surface area contributed by atoms with Crippen LogP contribution in [0.2, 0.25) is 0 Å². The summed E-state index contributed by atoms with van der Waals surface area (Å²) in [5.74, 6) is -1.14. The maximum Gasteiger partial charge on any atom is 0.335 e. The maximum absolute atomic E-state index is 11.9. The number of carbonyl (C=O) groups excluding carboxylic acids is 1. The topological polar surface area (TPSA) is 108 Å². The van der Waals surface area contributed by atoms with Gasteiger partial charge in [0.25, 0.3) is 5.91 Å². The molecule has 8 heteroatoms. The number of aliphatic hydroxyl groups excluding tert-OH is 1. The monoisotopic (exact) mass is 376 g/mol. The molecule has 0 radical (unpaired) electrons. The van der Waals surface area contributed by atoms with Crippen LogP contribution in [0, 0.1) is 0 Å². The molecule has 26 heavy (non-hydrogen) atoms. The summed E-state index contributed by atoms with van der Waals surface area (Å²) < 4.78 is 5.58. The second-order valence-corrected chi connectivity index (χ2v) is 6.99. The molecule has 0 bridgehead atoms. The molecule has 1 fully saturated rings. The smallest absolute Gasteiger partial charge is 0.335 e. The van der Waals surface area contributed by atoms with Gasteiger partial charge in [-0.15, -0.1) is 11.3 Å². The van der Waals surface area contributed by atoms with E-state index in [9.17, 15) is 14.7 Å². The molecule has 138 valence electrons. The Labute approximate surface area is 154 Å². The van der Waals surface area contributed by atoms with Gasteiger partial charge < -0.3 is 25.6 Å². The summed E-state index contributed by atoms with van der Waals surface area (Å²) in [6, 6.07) is 9.86. The van der Waals surface area contributed by atoms with Gasteiger partial charge in [0.05, 0.1) is 29.2 Å².